The molecule has 0 amide bonds. The number of carboxylic acid groups (broad SMARTS) is 1. The minimum atomic E-state index is -0.901. The van der Waals surface area contributed by atoms with Crippen molar-refractivity contribution in [3.63, 3.8) is 0 Å². The van der Waals surface area contributed by atoms with Gasteiger partial charge in [0.15, 0.2) is 0 Å². The molecule has 0 unspecified atom stereocenters. The van der Waals surface area contributed by atoms with Crippen molar-refractivity contribution in [3.05, 3.63) is 5.82 Å². The van der Waals surface area contributed by atoms with E-state index in [9.17, 15) is 9.90 Å². The standard InChI is InChI=1S/C14H25N5O2/c1-8(2)7-10(12(20)21)15-13-16-11(9(3)4)17-14(18-13)19(5)6/h8-10H,7H2,1-6H3,(H,20,21)(H,15,16,17,18)/t10-/m1/s1. The van der Waals surface area contributed by atoms with Crippen LogP contribution in [0.15, 0.2) is 0 Å². The van der Waals surface area contributed by atoms with Gasteiger partial charge in [0.2, 0.25) is 11.9 Å². The maximum absolute atomic E-state index is 11.3. The number of hydrogen-bond donors (Lipinski definition) is 2. The maximum Gasteiger partial charge on any atom is 0.326 e. The highest BCUT2D eigenvalue weighted by molar-refractivity contribution is 5.76. The summed E-state index contributed by atoms with van der Waals surface area (Å²) in [6, 6.07) is -0.706. The Labute approximate surface area is 125 Å². The first-order valence-electron chi connectivity index (χ1n) is 7.13. The molecule has 0 aliphatic carbocycles. The molecule has 1 rings (SSSR count). The molecule has 2 N–H and O–H groups in total. The van der Waals surface area contributed by atoms with Gasteiger partial charge in [0.1, 0.15) is 11.9 Å². The average molecular weight is 295 g/mol. The zero-order valence-electron chi connectivity index (χ0n) is 13.6. The zero-order valence-corrected chi connectivity index (χ0v) is 13.6. The van der Waals surface area contributed by atoms with Crippen LogP contribution in [0.3, 0.4) is 0 Å². The monoisotopic (exact) mass is 295 g/mol. The van der Waals surface area contributed by atoms with Crippen LogP contribution in [0.4, 0.5) is 11.9 Å². The molecule has 21 heavy (non-hydrogen) atoms. The maximum atomic E-state index is 11.3. The van der Waals surface area contributed by atoms with Gasteiger partial charge in [0.25, 0.3) is 0 Å². The van der Waals surface area contributed by atoms with Crippen LogP contribution in [-0.4, -0.2) is 46.2 Å². The molecule has 0 bridgehead atoms. The predicted molar refractivity (Wildman–Crippen MR) is 82.7 cm³/mol. The first-order valence-corrected chi connectivity index (χ1v) is 7.13. The normalized spacial score (nSPS) is 12.6. The van der Waals surface area contributed by atoms with Crippen LogP contribution in [0.5, 0.6) is 0 Å². The van der Waals surface area contributed by atoms with Crippen LogP contribution < -0.4 is 10.2 Å². The Kier molecular flexibility index (Phi) is 5.87. The molecular weight excluding hydrogens is 270 g/mol. The second kappa shape index (κ2) is 7.19. The Morgan fingerprint density at radius 1 is 1.19 bits per heavy atom. The van der Waals surface area contributed by atoms with Gasteiger partial charge < -0.3 is 15.3 Å². The lowest BCUT2D eigenvalue weighted by Crippen LogP contribution is -2.32. The number of aromatic nitrogens is 3. The van der Waals surface area contributed by atoms with E-state index in [4.69, 9.17) is 0 Å². The summed E-state index contributed by atoms with van der Waals surface area (Å²) in [7, 11) is 3.68. The molecular formula is C14H25N5O2. The van der Waals surface area contributed by atoms with Gasteiger partial charge in [-0.2, -0.15) is 15.0 Å². The highest BCUT2D eigenvalue weighted by Crippen LogP contribution is 2.17. The molecule has 0 saturated heterocycles. The number of carboxylic acids is 1. The molecule has 1 aromatic rings. The van der Waals surface area contributed by atoms with Gasteiger partial charge >= 0.3 is 5.97 Å². The van der Waals surface area contributed by atoms with E-state index in [-0.39, 0.29) is 11.8 Å². The molecule has 7 nitrogen and oxygen atoms in total. The Morgan fingerprint density at radius 3 is 2.24 bits per heavy atom. The van der Waals surface area contributed by atoms with E-state index in [1.807, 2.05) is 41.8 Å². The van der Waals surface area contributed by atoms with Crippen molar-refractivity contribution in [1.82, 2.24) is 15.0 Å². The van der Waals surface area contributed by atoms with Gasteiger partial charge in [-0.05, 0) is 12.3 Å². The SMILES string of the molecule is CC(C)C[C@@H](Nc1nc(C(C)C)nc(N(C)C)n1)C(=O)O. The van der Waals surface area contributed by atoms with Crippen LogP contribution in [0.1, 0.15) is 45.9 Å². The Balaban J connectivity index is 3.07. The molecule has 0 aromatic carbocycles. The summed E-state index contributed by atoms with van der Waals surface area (Å²) in [5.41, 5.74) is 0. The van der Waals surface area contributed by atoms with E-state index in [1.165, 1.54) is 0 Å². The first kappa shape index (κ1) is 17.1. The fourth-order valence-electron chi connectivity index (χ4n) is 1.75. The molecule has 7 heteroatoms. The van der Waals surface area contributed by atoms with Crippen molar-refractivity contribution in [2.24, 2.45) is 5.92 Å². The minimum absolute atomic E-state index is 0.139. The number of nitrogens with zero attached hydrogens (tertiary/aromatic N) is 4. The summed E-state index contributed by atoms with van der Waals surface area (Å²) in [6.45, 7) is 7.94. The topological polar surface area (TPSA) is 91.2 Å². The second-order valence-electron chi connectivity index (χ2n) is 6.03. The second-order valence-corrected chi connectivity index (χ2v) is 6.03. The van der Waals surface area contributed by atoms with Crippen LogP contribution >= 0.6 is 0 Å². The number of aliphatic carboxylic acids is 1. The predicted octanol–water partition coefficient (Wildman–Crippen LogP) is 1.97. The van der Waals surface area contributed by atoms with Crippen molar-refractivity contribution in [2.45, 2.75) is 46.1 Å². The third-order valence-corrected chi connectivity index (χ3v) is 2.87. The van der Waals surface area contributed by atoms with Gasteiger partial charge in [-0.15, -0.1) is 0 Å². The smallest absolute Gasteiger partial charge is 0.326 e. The summed E-state index contributed by atoms with van der Waals surface area (Å²) in [5.74, 6) is 0.973. The summed E-state index contributed by atoms with van der Waals surface area (Å²) >= 11 is 0. The van der Waals surface area contributed by atoms with Crippen LogP contribution in [-0.2, 0) is 4.79 Å². The van der Waals surface area contributed by atoms with E-state index in [2.05, 4.69) is 20.3 Å². The molecule has 1 aromatic heterocycles. The van der Waals surface area contributed by atoms with Crippen LogP contribution in [0.2, 0.25) is 0 Å². The number of rotatable bonds is 7. The van der Waals surface area contributed by atoms with Gasteiger partial charge in [-0.3, -0.25) is 0 Å². The fourth-order valence-corrected chi connectivity index (χ4v) is 1.75. The Hall–Kier alpha value is -1.92. The van der Waals surface area contributed by atoms with Crippen molar-refractivity contribution in [3.8, 4) is 0 Å². The van der Waals surface area contributed by atoms with E-state index in [0.717, 1.165) is 0 Å². The Bertz CT molecular complexity index is 462. The molecule has 0 spiro atoms. The highest BCUT2D eigenvalue weighted by Gasteiger charge is 2.21. The largest absolute Gasteiger partial charge is 0.480 e. The lowest BCUT2D eigenvalue weighted by atomic mass is 10.0. The average Bonchev–Trinajstić information content (AvgIpc) is 2.36. The van der Waals surface area contributed by atoms with Gasteiger partial charge in [0.05, 0.1) is 0 Å². The molecule has 0 aliphatic heterocycles. The third-order valence-electron chi connectivity index (χ3n) is 2.87. The molecule has 1 heterocycles. The lowest BCUT2D eigenvalue weighted by molar-refractivity contribution is -0.138. The van der Waals surface area contributed by atoms with Crippen molar-refractivity contribution in [2.75, 3.05) is 24.3 Å². The third kappa shape index (κ3) is 5.17. The molecule has 1 atom stereocenters. The van der Waals surface area contributed by atoms with Crippen molar-refractivity contribution in [1.29, 1.82) is 0 Å². The Morgan fingerprint density at radius 2 is 1.81 bits per heavy atom. The number of hydrogen-bond acceptors (Lipinski definition) is 6. The quantitative estimate of drug-likeness (QED) is 0.794. The van der Waals surface area contributed by atoms with Gasteiger partial charge in [-0.1, -0.05) is 27.7 Å². The summed E-state index contributed by atoms with van der Waals surface area (Å²) in [5, 5.41) is 12.2. The number of carbonyl (C=O) groups is 1. The zero-order chi connectivity index (χ0) is 16.2. The summed E-state index contributed by atoms with van der Waals surface area (Å²) in [6.07, 6.45) is 0.509. The van der Waals surface area contributed by atoms with Gasteiger partial charge in [-0.25, -0.2) is 4.79 Å². The number of nitrogens with one attached hydrogen (secondary N) is 1. The van der Waals surface area contributed by atoms with E-state index in [0.29, 0.717) is 24.1 Å². The van der Waals surface area contributed by atoms with E-state index < -0.39 is 12.0 Å². The lowest BCUT2D eigenvalue weighted by Gasteiger charge is -2.19. The van der Waals surface area contributed by atoms with Crippen LogP contribution in [0.25, 0.3) is 0 Å². The summed E-state index contributed by atoms with van der Waals surface area (Å²) in [4.78, 5) is 26.1. The number of anilines is 2. The van der Waals surface area contributed by atoms with E-state index >= 15 is 0 Å². The molecule has 118 valence electrons. The van der Waals surface area contributed by atoms with Gasteiger partial charge in [0, 0.05) is 20.0 Å². The molecule has 0 aliphatic rings. The van der Waals surface area contributed by atoms with Crippen molar-refractivity contribution < 1.29 is 9.90 Å². The fraction of sp³-hybridized carbons (Fsp3) is 0.714. The molecule has 0 saturated carbocycles. The first-order chi connectivity index (χ1) is 9.70. The minimum Gasteiger partial charge on any atom is -0.480 e. The summed E-state index contributed by atoms with van der Waals surface area (Å²) < 4.78 is 0. The van der Waals surface area contributed by atoms with E-state index in [1.54, 1.807) is 4.90 Å². The molecule has 0 radical (unpaired) electrons. The molecule has 0 fully saturated rings. The highest BCUT2D eigenvalue weighted by atomic mass is 16.4. The van der Waals surface area contributed by atoms with Crippen molar-refractivity contribution >= 4 is 17.9 Å². The van der Waals surface area contributed by atoms with Crippen LogP contribution in [0, 0.1) is 5.92 Å².